The van der Waals surface area contributed by atoms with Crippen molar-refractivity contribution in [2.24, 2.45) is 11.6 Å². The molecule has 0 aliphatic carbocycles. The van der Waals surface area contributed by atoms with Crippen LogP contribution in [0.4, 0.5) is 5.69 Å². The summed E-state index contributed by atoms with van der Waals surface area (Å²) in [6.45, 7) is 2.51. The average molecular weight is 392 g/mol. The van der Waals surface area contributed by atoms with Gasteiger partial charge in [0.25, 0.3) is 0 Å². The molecule has 0 spiro atoms. The highest BCUT2D eigenvalue weighted by atomic mass is 16.5. The summed E-state index contributed by atoms with van der Waals surface area (Å²) in [7, 11) is 0. The van der Waals surface area contributed by atoms with E-state index in [1.807, 2.05) is 53.4 Å². The molecule has 0 radical (unpaired) electrons. The van der Waals surface area contributed by atoms with Crippen molar-refractivity contribution in [1.82, 2.24) is 15.1 Å². The van der Waals surface area contributed by atoms with Gasteiger partial charge in [0, 0.05) is 24.7 Å². The molecule has 5 N–H and O–H groups in total. The van der Waals surface area contributed by atoms with Crippen LogP contribution in [0.5, 0.6) is 0 Å². The molecule has 0 saturated carbocycles. The summed E-state index contributed by atoms with van der Waals surface area (Å²) in [4.78, 5) is 14.2. The van der Waals surface area contributed by atoms with Crippen LogP contribution in [-0.4, -0.2) is 47.3 Å². The van der Waals surface area contributed by atoms with Gasteiger partial charge in [-0.2, -0.15) is 5.10 Å². The minimum Gasteiger partial charge on any atom is -0.396 e. The Morgan fingerprint density at radius 2 is 1.90 bits per heavy atom. The predicted molar refractivity (Wildman–Crippen MR) is 112 cm³/mol. The molecule has 0 atom stereocenters. The number of carbonyl (C=O) groups is 1. The number of morpholine rings is 1. The number of amides is 1. The molecule has 0 unspecified atom stereocenters. The van der Waals surface area contributed by atoms with Crippen LogP contribution in [0.25, 0.3) is 16.6 Å². The predicted octanol–water partition coefficient (Wildman–Crippen LogP) is 1.60. The smallest absolute Gasteiger partial charge is 0.227 e. The molecule has 2 heterocycles. The Balaban J connectivity index is 1.44. The third-order valence-corrected chi connectivity index (χ3v) is 4.98. The maximum atomic E-state index is 12.4. The summed E-state index contributed by atoms with van der Waals surface area (Å²) in [6, 6.07) is 15.3. The van der Waals surface area contributed by atoms with Crippen molar-refractivity contribution in [2.45, 2.75) is 6.42 Å². The number of benzene rings is 2. The zero-order chi connectivity index (χ0) is 20.2. The largest absolute Gasteiger partial charge is 0.396 e. The van der Waals surface area contributed by atoms with E-state index >= 15 is 0 Å². The van der Waals surface area contributed by atoms with Crippen LogP contribution in [0.3, 0.4) is 0 Å². The summed E-state index contributed by atoms with van der Waals surface area (Å²) in [5, 5.41) is 9.63. The number of fused-ring (bicyclic) bond motifs is 1. The van der Waals surface area contributed by atoms with Gasteiger partial charge in [-0.25, -0.2) is 5.84 Å². The van der Waals surface area contributed by atoms with Gasteiger partial charge in [0.05, 0.1) is 36.5 Å². The van der Waals surface area contributed by atoms with Crippen LogP contribution >= 0.6 is 0 Å². The molecule has 150 valence electrons. The number of hydrazine groups is 1. The summed E-state index contributed by atoms with van der Waals surface area (Å²) in [6.07, 6.45) is 2.00. The number of anilines is 1. The summed E-state index contributed by atoms with van der Waals surface area (Å²) in [5.41, 5.74) is 9.94. The lowest BCUT2D eigenvalue weighted by atomic mass is 10.1. The molecule has 2 aromatic carbocycles. The second kappa shape index (κ2) is 8.34. The molecule has 1 aromatic heterocycles. The quantitative estimate of drug-likeness (QED) is 0.449. The lowest BCUT2D eigenvalue weighted by Crippen LogP contribution is -2.41. The van der Waals surface area contributed by atoms with Crippen LogP contribution < -0.4 is 16.6 Å². The molecule has 1 saturated heterocycles. The van der Waals surface area contributed by atoms with E-state index in [9.17, 15) is 4.79 Å². The van der Waals surface area contributed by atoms with Gasteiger partial charge in [0.2, 0.25) is 5.91 Å². The number of nitrogens with two attached hydrogens (primary N) is 2. The number of ether oxygens (including phenoxy) is 1. The highest BCUT2D eigenvalue weighted by molar-refractivity contribution is 5.89. The van der Waals surface area contributed by atoms with E-state index in [-0.39, 0.29) is 5.91 Å². The highest BCUT2D eigenvalue weighted by Crippen LogP contribution is 2.21. The Hall–Kier alpha value is -3.36. The lowest BCUT2D eigenvalue weighted by molar-refractivity contribution is -0.134. The Kier molecular flexibility index (Phi) is 5.46. The maximum absolute atomic E-state index is 12.4. The van der Waals surface area contributed by atoms with Crippen molar-refractivity contribution in [2.75, 3.05) is 31.3 Å². The maximum Gasteiger partial charge on any atom is 0.227 e. The number of carbonyl (C=O) groups excluding carboxylic acids is 1. The van der Waals surface area contributed by atoms with Gasteiger partial charge in [0.15, 0.2) is 0 Å². The van der Waals surface area contributed by atoms with Gasteiger partial charge in [-0.05, 0) is 23.8 Å². The second-order valence-electron chi connectivity index (χ2n) is 6.95. The molecule has 1 aliphatic rings. The fraction of sp³-hybridized carbons (Fsp3) is 0.238. The third-order valence-electron chi connectivity index (χ3n) is 4.98. The van der Waals surface area contributed by atoms with Gasteiger partial charge in [0.1, 0.15) is 5.69 Å². The zero-order valence-corrected chi connectivity index (χ0v) is 16.0. The van der Waals surface area contributed by atoms with Gasteiger partial charge in [-0.1, -0.05) is 30.3 Å². The van der Waals surface area contributed by atoms with Crippen LogP contribution in [0.15, 0.2) is 54.7 Å². The van der Waals surface area contributed by atoms with E-state index in [0.29, 0.717) is 44.1 Å². The first-order chi connectivity index (χ1) is 14.1. The van der Waals surface area contributed by atoms with E-state index in [1.54, 1.807) is 6.20 Å². The molecule has 0 bridgehead atoms. The standard InChI is InChI=1S/C21H24N6O2/c22-18(21-17-3-1-2-4-19(17)24-25-21)14-27(23)16-7-5-15(6-8-16)13-20(28)26-9-11-29-12-10-26/h1-8,14H,9-13,22-23H2,(H,24,25)/b18-14-. The fourth-order valence-electron chi connectivity index (χ4n) is 3.35. The molecule has 8 heteroatoms. The Morgan fingerprint density at radius 1 is 1.17 bits per heavy atom. The molecular weight excluding hydrogens is 368 g/mol. The van der Waals surface area contributed by atoms with Crippen molar-refractivity contribution in [3.8, 4) is 0 Å². The first-order valence-electron chi connectivity index (χ1n) is 9.51. The molecule has 4 rings (SSSR count). The Bertz CT molecular complexity index is 1020. The first-order valence-corrected chi connectivity index (χ1v) is 9.51. The van der Waals surface area contributed by atoms with E-state index in [0.717, 1.165) is 22.2 Å². The average Bonchev–Trinajstić information content (AvgIpc) is 3.19. The molecule has 1 amide bonds. The third kappa shape index (κ3) is 4.23. The van der Waals surface area contributed by atoms with Crippen molar-refractivity contribution in [1.29, 1.82) is 0 Å². The van der Waals surface area contributed by atoms with Gasteiger partial charge in [-0.15, -0.1) is 0 Å². The van der Waals surface area contributed by atoms with E-state index in [2.05, 4.69) is 10.2 Å². The number of nitrogens with zero attached hydrogens (tertiary/aromatic N) is 3. The molecule has 1 aliphatic heterocycles. The fourth-order valence-corrected chi connectivity index (χ4v) is 3.35. The van der Waals surface area contributed by atoms with Crippen molar-refractivity contribution in [3.63, 3.8) is 0 Å². The number of aromatic amines is 1. The van der Waals surface area contributed by atoms with Crippen LogP contribution in [0, 0.1) is 0 Å². The molecule has 8 nitrogen and oxygen atoms in total. The number of hydrogen-bond acceptors (Lipinski definition) is 6. The molecule has 1 fully saturated rings. The molecule has 29 heavy (non-hydrogen) atoms. The van der Waals surface area contributed by atoms with Crippen LogP contribution in [0.1, 0.15) is 11.3 Å². The summed E-state index contributed by atoms with van der Waals surface area (Å²) >= 11 is 0. The monoisotopic (exact) mass is 392 g/mol. The van der Waals surface area contributed by atoms with Gasteiger partial charge < -0.3 is 15.4 Å². The number of rotatable bonds is 5. The van der Waals surface area contributed by atoms with E-state index in [1.165, 1.54) is 5.01 Å². The van der Waals surface area contributed by atoms with E-state index in [4.69, 9.17) is 16.3 Å². The van der Waals surface area contributed by atoms with Gasteiger partial charge >= 0.3 is 0 Å². The van der Waals surface area contributed by atoms with Crippen LogP contribution in [0.2, 0.25) is 0 Å². The van der Waals surface area contributed by atoms with Crippen molar-refractivity contribution in [3.05, 3.63) is 66.0 Å². The second-order valence-corrected chi connectivity index (χ2v) is 6.95. The lowest BCUT2D eigenvalue weighted by Gasteiger charge is -2.27. The summed E-state index contributed by atoms with van der Waals surface area (Å²) in [5.74, 6) is 6.28. The van der Waals surface area contributed by atoms with Crippen molar-refractivity contribution >= 4 is 28.2 Å². The van der Waals surface area contributed by atoms with Crippen LogP contribution in [-0.2, 0) is 16.0 Å². The minimum atomic E-state index is 0.111. The number of nitrogens with one attached hydrogen (secondary N) is 1. The first kappa shape index (κ1) is 19.0. The SMILES string of the molecule is N/C(=C\N(N)c1ccc(CC(=O)N2CCOCC2)cc1)c1n[nH]c2ccccc12. The summed E-state index contributed by atoms with van der Waals surface area (Å²) < 4.78 is 5.29. The zero-order valence-electron chi connectivity index (χ0n) is 16.0. The highest BCUT2D eigenvalue weighted by Gasteiger charge is 2.17. The van der Waals surface area contributed by atoms with E-state index < -0.39 is 0 Å². The van der Waals surface area contributed by atoms with Gasteiger partial charge in [-0.3, -0.25) is 14.9 Å². The number of hydrogen-bond donors (Lipinski definition) is 3. The Labute approximate surface area is 168 Å². The minimum absolute atomic E-state index is 0.111. The van der Waals surface area contributed by atoms with Crippen molar-refractivity contribution < 1.29 is 9.53 Å². The number of aromatic nitrogens is 2. The molecular formula is C21H24N6O2. The number of para-hydroxylation sites is 1. The normalized spacial score (nSPS) is 14.9. The Morgan fingerprint density at radius 3 is 2.66 bits per heavy atom. The number of H-pyrrole nitrogens is 1. The topological polar surface area (TPSA) is 114 Å². The molecule has 3 aromatic rings.